The molecule has 11 nitrogen and oxygen atoms in total. The van der Waals surface area contributed by atoms with Crippen LogP contribution in [0.2, 0.25) is 0 Å². The molecule has 0 saturated heterocycles. The Morgan fingerprint density at radius 1 is 0.852 bits per heavy atom. The fourth-order valence-electron chi connectivity index (χ4n) is 1.99. The van der Waals surface area contributed by atoms with Crippen LogP contribution in [0.4, 0.5) is 0 Å². The van der Waals surface area contributed by atoms with Crippen LogP contribution in [-0.4, -0.2) is 75.2 Å². The first kappa shape index (κ1) is 24.7. The van der Waals surface area contributed by atoms with Gasteiger partial charge in [0.15, 0.2) is 0 Å². The zero-order valence-electron chi connectivity index (χ0n) is 14.8. The van der Waals surface area contributed by atoms with Crippen molar-refractivity contribution >= 4 is 41.5 Å². The standard InChI is InChI=1S/C15H25N3O8S/c1-27-7-6-10(15(25)26)18-14(24)9(3-5-12(21)22)17-13(23)8(16)2-4-11(19)20/h8-10H,2-7,16H2,1H3,(H,17,23)(H,18,24)(H,19,20)(H,21,22)(H,25,26)/t8-,9-,10-/m0/s1. The number of thioether (sulfide) groups is 1. The van der Waals surface area contributed by atoms with E-state index in [-0.39, 0.29) is 25.7 Å². The van der Waals surface area contributed by atoms with E-state index in [0.29, 0.717) is 5.75 Å². The molecule has 0 aromatic rings. The lowest BCUT2D eigenvalue weighted by Crippen LogP contribution is -2.54. The molecule has 0 radical (unpaired) electrons. The fourth-order valence-corrected chi connectivity index (χ4v) is 2.46. The lowest BCUT2D eigenvalue weighted by molar-refractivity contribution is -0.143. The smallest absolute Gasteiger partial charge is 0.326 e. The van der Waals surface area contributed by atoms with E-state index in [9.17, 15) is 24.0 Å². The van der Waals surface area contributed by atoms with Gasteiger partial charge in [0.2, 0.25) is 11.8 Å². The summed E-state index contributed by atoms with van der Waals surface area (Å²) in [6.07, 6.45) is 0.698. The predicted octanol–water partition coefficient (Wildman–Crippen LogP) is -1.15. The summed E-state index contributed by atoms with van der Waals surface area (Å²) in [6.45, 7) is 0. The summed E-state index contributed by atoms with van der Waals surface area (Å²) in [6, 6.07) is -3.69. The SMILES string of the molecule is CSCC[C@H](NC(=O)[C@H](CCC(=O)O)NC(=O)[C@@H](N)CCC(=O)O)C(=O)O. The molecule has 0 aromatic carbocycles. The molecule has 0 heterocycles. The Hall–Kier alpha value is -2.34. The summed E-state index contributed by atoms with van der Waals surface area (Å²) in [7, 11) is 0. The summed E-state index contributed by atoms with van der Waals surface area (Å²) in [5.41, 5.74) is 5.56. The van der Waals surface area contributed by atoms with Crippen molar-refractivity contribution in [2.45, 2.75) is 50.2 Å². The van der Waals surface area contributed by atoms with E-state index in [4.69, 9.17) is 21.1 Å². The summed E-state index contributed by atoms with van der Waals surface area (Å²) < 4.78 is 0. The van der Waals surface area contributed by atoms with Crippen molar-refractivity contribution in [3.63, 3.8) is 0 Å². The molecule has 3 atom stereocenters. The first-order chi connectivity index (χ1) is 12.6. The minimum Gasteiger partial charge on any atom is -0.481 e. The second-order valence-electron chi connectivity index (χ2n) is 5.71. The number of nitrogens with one attached hydrogen (secondary N) is 2. The number of rotatable bonds is 14. The minimum atomic E-state index is -1.30. The average Bonchev–Trinajstić information content (AvgIpc) is 2.58. The van der Waals surface area contributed by atoms with Crippen LogP contribution in [-0.2, 0) is 24.0 Å². The molecule has 0 aliphatic rings. The number of aliphatic carboxylic acids is 3. The number of hydrogen-bond acceptors (Lipinski definition) is 7. The van der Waals surface area contributed by atoms with Crippen molar-refractivity contribution < 1.29 is 39.3 Å². The van der Waals surface area contributed by atoms with Crippen LogP contribution in [0.3, 0.4) is 0 Å². The van der Waals surface area contributed by atoms with E-state index in [1.54, 1.807) is 6.26 Å². The molecule has 0 aliphatic carbocycles. The van der Waals surface area contributed by atoms with Crippen molar-refractivity contribution in [2.75, 3.05) is 12.0 Å². The van der Waals surface area contributed by atoms with Gasteiger partial charge in [-0.3, -0.25) is 19.2 Å². The maximum absolute atomic E-state index is 12.3. The summed E-state index contributed by atoms with van der Waals surface area (Å²) in [5, 5.41) is 31.1. The minimum absolute atomic E-state index is 0.153. The van der Waals surface area contributed by atoms with Crippen molar-refractivity contribution in [3.8, 4) is 0 Å². The van der Waals surface area contributed by atoms with Crippen molar-refractivity contribution in [1.29, 1.82) is 0 Å². The van der Waals surface area contributed by atoms with E-state index in [1.165, 1.54) is 11.8 Å². The Kier molecular flexibility index (Phi) is 11.8. The summed E-state index contributed by atoms with van der Waals surface area (Å²) in [5.74, 6) is -4.78. The van der Waals surface area contributed by atoms with Gasteiger partial charge >= 0.3 is 17.9 Å². The molecule has 2 amide bonds. The molecule has 0 fully saturated rings. The van der Waals surface area contributed by atoms with E-state index in [0.717, 1.165) is 0 Å². The maximum Gasteiger partial charge on any atom is 0.326 e. The summed E-state index contributed by atoms with van der Waals surface area (Å²) >= 11 is 1.39. The highest BCUT2D eigenvalue weighted by Crippen LogP contribution is 2.05. The molecular weight excluding hydrogens is 382 g/mol. The van der Waals surface area contributed by atoms with E-state index in [2.05, 4.69) is 10.6 Å². The third-order valence-electron chi connectivity index (χ3n) is 3.51. The fraction of sp³-hybridized carbons (Fsp3) is 0.667. The zero-order valence-corrected chi connectivity index (χ0v) is 15.7. The number of hydrogen-bond donors (Lipinski definition) is 6. The highest BCUT2D eigenvalue weighted by molar-refractivity contribution is 7.98. The van der Waals surface area contributed by atoms with Gasteiger partial charge in [-0.1, -0.05) is 0 Å². The largest absolute Gasteiger partial charge is 0.481 e. The zero-order chi connectivity index (χ0) is 21.0. The lowest BCUT2D eigenvalue weighted by atomic mass is 10.1. The van der Waals surface area contributed by atoms with E-state index < -0.39 is 54.3 Å². The Morgan fingerprint density at radius 3 is 1.85 bits per heavy atom. The monoisotopic (exact) mass is 407 g/mol. The highest BCUT2D eigenvalue weighted by atomic mass is 32.2. The van der Waals surface area contributed by atoms with Gasteiger partial charge in [-0.15, -0.1) is 0 Å². The second kappa shape index (κ2) is 12.9. The molecule has 0 unspecified atom stereocenters. The molecule has 0 spiro atoms. The van der Waals surface area contributed by atoms with Crippen molar-refractivity contribution in [2.24, 2.45) is 5.73 Å². The first-order valence-corrected chi connectivity index (χ1v) is 9.49. The molecule has 154 valence electrons. The van der Waals surface area contributed by atoms with Gasteiger partial charge in [0.25, 0.3) is 0 Å². The molecular formula is C15H25N3O8S. The number of nitrogens with two attached hydrogens (primary N) is 1. The number of carboxylic acids is 3. The van der Waals surface area contributed by atoms with Crippen LogP contribution in [0.1, 0.15) is 32.1 Å². The molecule has 0 bridgehead atoms. The molecule has 0 aliphatic heterocycles. The first-order valence-electron chi connectivity index (χ1n) is 8.10. The van der Waals surface area contributed by atoms with Gasteiger partial charge in [0.05, 0.1) is 6.04 Å². The van der Waals surface area contributed by atoms with Crippen LogP contribution >= 0.6 is 11.8 Å². The Labute approximate surface area is 160 Å². The van der Waals surface area contributed by atoms with Crippen molar-refractivity contribution in [1.82, 2.24) is 10.6 Å². The van der Waals surface area contributed by atoms with Gasteiger partial charge in [-0.05, 0) is 31.3 Å². The van der Waals surface area contributed by atoms with Gasteiger partial charge in [0, 0.05) is 12.8 Å². The highest BCUT2D eigenvalue weighted by Gasteiger charge is 2.28. The average molecular weight is 407 g/mol. The van der Waals surface area contributed by atoms with Gasteiger partial charge in [0.1, 0.15) is 12.1 Å². The van der Waals surface area contributed by atoms with Gasteiger partial charge in [-0.2, -0.15) is 11.8 Å². The number of amides is 2. The molecule has 12 heteroatoms. The predicted molar refractivity (Wildman–Crippen MR) is 96.2 cm³/mol. The third-order valence-corrected chi connectivity index (χ3v) is 4.16. The normalized spacial score (nSPS) is 13.9. The Balaban J connectivity index is 5.01. The lowest BCUT2D eigenvalue weighted by Gasteiger charge is -2.22. The van der Waals surface area contributed by atoms with Crippen molar-refractivity contribution in [3.05, 3.63) is 0 Å². The van der Waals surface area contributed by atoms with E-state index >= 15 is 0 Å². The van der Waals surface area contributed by atoms with Crippen LogP contribution < -0.4 is 16.4 Å². The maximum atomic E-state index is 12.3. The number of carbonyl (C=O) groups is 5. The number of carbonyl (C=O) groups excluding carboxylic acids is 2. The topological polar surface area (TPSA) is 196 Å². The van der Waals surface area contributed by atoms with Crippen LogP contribution in [0.15, 0.2) is 0 Å². The second-order valence-corrected chi connectivity index (χ2v) is 6.70. The Bertz CT molecular complexity index is 557. The van der Waals surface area contributed by atoms with Crippen LogP contribution in [0, 0.1) is 0 Å². The molecule has 27 heavy (non-hydrogen) atoms. The van der Waals surface area contributed by atoms with Crippen LogP contribution in [0.5, 0.6) is 0 Å². The third kappa shape index (κ3) is 11.1. The molecule has 0 saturated carbocycles. The van der Waals surface area contributed by atoms with E-state index in [1.807, 2.05) is 0 Å². The van der Waals surface area contributed by atoms with Gasteiger partial charge in [-0.25, -0.2) is 4.79 Å². The quantitative estimate of drug-likeness (QED) is 0.204. The Morgan fingerprint density at radius 2 is 1.37 bits per heavy atom. The van der Waals surface area contributed by atoms with Crippen LogP contribution in [0.25, 0.3) is 0 Å². The number of carboxylic acid groups (broad SMARTS) is 3. The van der Waals surface area contributed by atoms with Gasteiger partial charge < -0.3 is 31.7 Å². The molecule has 0 aromatic heterocycles. The summed E-state index contributed by atoms with van der Waals surface area (Å²) in [4.78, 5) is 56.9. The molecule has 7 N–H and O–H groups in total. The molecule has 0 rings (SSSR count).